The monoisotopic (exact) mass is 484 g/mol. The number of benzene rings is 1. The van der Waals surface area contributed by atoms with Gasteiger partial charge in [-0.2, -0.15) is 0 Å². The van der Waals surface area contributed by atoms with Crippen molar-refractivity contribution < 1.29 is 9.53 Å². The van der Waals surface area contributed by atoms with E-state index < -0.39 is 0 Å². The Morgan fingerprint density at radius 2 is 1.94 bits per heavy atom. The number of rotatable bonds is 6. The predicted octanol–water partition coefficient (Wildman–Crippen LogP) is 5.34. The number of nitrogens with zero attached hydrogens (tertiary/aromatic N) is 3. The van der Waals surface area contributed by atoms with Gasteiger partial charge < -0.3 is 19.9 Å². The van der Waals surface area contributed by atoms with Crippen molar-refractivity contribution in [3.63, 3.8) is 0 Å². The van der Waals surface area contributed by atoms with E-state index in [1.807, 2.05) is 18.2 Å². The molecule has 2 aliphatic rings. The quantitative estimate of drug-likeness (QED) is 0.511. The first kappa shape index (κ1) is 22.4. The van der Waals surface area contributed by atoms with Crippen LogP contribution in [0.25, 0.3) is 10.9 Å². The van der Waals surface area contributed by atoms with Gasteiger partial charge in [-0.25, -0.2) is 4.98 Å². The van der Waals surface area contributed by atoms with Crippen LogP contribution in [0.3, 0.4) is 0 Å². The molecular weight excluding hydrogens is 456 g/mol. The zero-order valence-electron chi connectivity index (χ0n) is 18.8. The summed E-state index contributed by atoms with van der Waals surface area (Å²) in [5.74, 6) is 0.849. The first-order valence-electron chi connectivity index (χ1n) is 11.6. The summed E-state index contributed by atoms with van der Waals surface area (Å²) in [7, 11) is 0. The smallest absolute Gasteiger partial charge is 0.262 e. The van der Waals surface area contributed by atoms with Crippen LogP contribution in [0.5, 0.6) is 5.06 Å². The number of thiophene rings is 1. The van der Waals surface area contributed by atoms with E-state index in [4.69, 9.17) is 21.3 Å². The van der Waals surface area contributed by atoms with Crippen LogP contribution in [0.15, 0.2) is 36.4 Å². The van der Waals surface area contributed by atoms with Gasteiger partial charge in [0, 0.05) is 30.2 Å². The number of piperidine rings is 1. The third-order valence-corrected chi connectivity index (χ3v) is 7.77. The van der Waals surface area contributed by atoms with E-state index in [-0.39, 0.29) is 12.5 Å². The van der Waals surface area contributed by atoms with Gasteiger partial charge in [0.15, 0.2) is 11.7 Å². The molecule has 2 aliphatic heterocycles. The zero-order valence-corrected chi connectivity index (χ0v) is 20.4. The van der Waals surface area contributed by atoms with E-state index in [1.165, 1.54) is 50.1 Å². The molecule has 0 bridgehead atoms. The lowest BCUT2D eigenvalue weighted by molar-refractivity contribution is -0.118. The largest absolute Gasteiger partial charge is 0.474 e. The van der Waals surface area contributed by atoms with Crippen LogP contribution < -0.4 is 15.0 Å². The van der Waals surface area contributed by atoms with E-state index in [1.54, 1.807) is 12.1 Å². The van der Waals surface area contributed by atoms with Crippen LogP contribution in [-0.4, -0.2) is 54.6 Å². The number of ether oxygens (including phenoxy) is 1. The Bertz CT molecular complexity index is 1140. The van der Waals surface area contributed by atoms with Gasteiger partial charge in [-0.3, -0.25) is 4.79 Å². The highest BCUT2D eigenvalue weighted by Crippen LogP contribution is 2.30. The van der Waals surface area contributed by atoms with Crippen molar-refractivity contribution in [3.8, 4) is 5.06 Å². The molecule has 0 radical (unpaired) electrons. The summed E-state index contributed by atoms with van der Waals surface area (Å²) in [5, 5.41) is 4.59. The average molecular weight is 485 g/mol. The minimum absolute atomic E-state index is 0.0571. The van der Waals surface area contributed by atoms with Crippen LogP contribution in [-0.2, 0) is 4.79 Å². The molecule has 0 aliphatic carbocycles. The Kier molecular flexibility index (Phi) is 6.71. The third-order valence-electron chi connectivity index (χ3n) is 6.63. The average Bonchev–Trinajstić information content (AvgIpc) is 3.50. The summed E-state index contributed by atoms with van der Waals surface area (Å²) in [6.45, 7) is 6.71. The van der Waals surface area contributed by atoms with Crippen LogP contribution in [0, 0.1) is 6.92 Å². The normalized spacial score (nSPS) is 17.6. The van der Waals surface area contributed by atoms with Gasteiger partial charge in [0.25, 0.3) is 5.91 Å². The van der Waals surface area contributed by atoms with Crippen molar-refractivity contribution in [2.24, 2.45) is 0 Å². The Hall–Kier alpha value is -2.35. The number of aromatic nitrogens is 1. The van der Waals surface area contributed by atoms with Crippen molar-refractivity contribution in [1.82, 2.24) is 9.88 Å². The van der Waals surface area contributed by atoms with Gasteiger partial charge in [0.2, 0.25) is 0 Å². The number of anilines is 2. The van der Waals surface area contributed by atoms with Crippen molar-refractivity contribution in [1.29, 1.82) is 0 Å². The Morgan fingerprint density at radius 3 is 2.67 bits per heavy atom. The maximum Gasteiger partial charge on any atom is 0.262 e. The second kappa shape index (κ2) is 9.87. The number of pyridine rings is 1. The van der Waals surface area contributed by atoms with Gasteiger partial charge in [0.05, 0.1) is 9.85 Å². The van der Waals surface area contributed by atoms with Crippen molar-refractivity contribution in [3.05, 3.63) is 46.3 Å². The minimum Gasteiger partial charge on any atom is -0.474 e. The van der Waals surface area contributed by atoms with Crippen molar-refractivity contribution in [2.45, 2.75) is 38.6 Å². The highest BCUT2D eigenvalue weighted by atomic mass is 35.5. The number of carbonyl (C=O) groups is 1. The predicted molar refractivity (Wildman–Crippen MR) is 136 cm³/mol. The maximum atomic E-state index is 12.3. The van der Waals surface area contributed by atoms with E-state index in [9.17, 15) is 4.79 Å². The van der Waals surface area contributed by atoms with Crippen LogP contribution in [0.4, 0.5) is 11.5 Å². The number of hydrogen-bond acceptors (Lipinski definition) is 6. The summed E-state index contributed by atoms with van der Waals surface area (Å²) in [6.07, 6.45) is 5.13. The fourth-order valence-corrected chi connectivity index (χ4v) is 5.77. The Labute approximate surface area is 203 Å². The summed E-state index contributed by atoms with van der Waals surface area (Å²) < 4.78 is 6.13. The highest BCUT2D eigenvalue weighted by Gasteiger charge is 2.27. The molecule has 1 amide bonds. The summed E-state index contributed by atoms with van der Waals surface area (Å²) in [5.41, 5.74) is 2.86. The number of halogens is 1. The number of aryl methyl sites for hydroxylation is 1. The van der Waals surface area contributed by atoms with Crippen molar-refractivity contribution >= 4 is 51.3 Å². The Balaban J connectivity index is 1.22. The maximum absolute atomic E-state index is 12.3. The molecule has 2 saturated heterocycles. The lowest BCUT2D eigenvalue weighted by Crippen LogP contribution is -2.44. The van der Waals surface area contributed by atoms with Gasteiger partial charge in [-0.05, 0) is 87.7 Å². The summed E-state index contributed by atoms with van der Waals surface area (Å²) in [4.78, 5) is 22.3. The van der Waals surface area contributed by atoms with E-state index in [0.717, 1.165) is 47.1 Å². The number of amides is 1. The lowest BCUT2D eigenvalue weighted by Gasteiger charge is -2.37. The fourth-order valence-electron chi connectivity index (χ4n) is 4.89. The zero-order chi connectivity index (χ0) is 22.8. The van der Waals surface area contributed by atoms with Gasteiger partial charge in [-0.15, -0.1) is 0 Å². The molecule has 0 atom stereocenters. The van der Waals surface area contributed by atoms with Gasteiger partial charge in [-0.1, -0.05) is 22.9 Å². The summed E-state index contributed by atoms with van der Waals surface area (Å²) in [6, 6.07) is 12.3. The SMILES string of the molecule is Cc1cc(N2CCC(N3CCCC3)CC2)nc2ccc(NC(=O)COc3ccc(Cl)s3)cc12. The number of likely N-dealkylation sites (tertiary alicyclic amines) is 1. The molecule has 1 aromatic carbocycles. The molecule has 8 heteroatoms. The molecular formula is C25H29ClN4O2S. The highest BCUT2D eigenvalue weighted by molar-refractivity contribution is 7.17. The molecule has 2 aromatic heterocycles. The van der Waals surface area contributed by atoms with Crippen LogP contribution in [0.1, 0.15) is 31.2 Å². The molecule has 0 saturated carbocycles. The van der Waals surface area contributed by atoms with Crippen LogP contribution >= 0.6 is 22.9 Å². The second-order valence-corrected chi connectivity index (χ2v) is 10.6. The molecule has 6 nitrogen and oxygen atoms in total. The molecule has 4 heterocycles. The molecule has 1 N–H and O–H groups in total. The van der Waals surface area contributed by atoms with E-state index in [0.29, 0.717) is 9.40 Å². The fraction of sp³-hybridized carbons (Fsp3) is 0.440. The second-order valence-electron chi connectivity index (χ2n) is 8.89. The molecule has 5 rings (SSSR count). The van der Waals surface area contributed by atoms with Gasteiger partial charge >= 0.3 is 0 Å². The van der Waals surface area contributed by atoms with Gasteiger partial charge in [0.1, 0.15) is 5.82 Å². The van der Waals surface area contributed by atoms with Crippen LogP contribution in [0.2, 0.25) is 4.34 Å². The topological polar surface area (TPSA) is 57.7 Å². The molecule has 2 fully saturated rings. The molecule has 33 heavy (non-hydrogen) atoms. The first-order valence-corrected chi connectivity index (χ1v) is 12.8. The number of fused-ring (bicyclic) bond motifs is 1. The van der Waals surface area contributed by atoms with Crippen molar-refractivity contribution in [2.75, 3.05) is 43.0 Å². The van der Waals surface area contributed by atoms with E-state index >= 15 is 0 Å². The molecule has 174 valence electrons. The minimum atomic E-state index is -0.207. The number of carbonyl (C=O) groups excluding carboxylic acids is 1. The number of hydrogen-bond donors (Lipinski definition) is 1. The molecule has 0 unspecified atom stereocenters. The van der Waals surface area contributed by atoms with E-state index in [2.05, 4.69) is 28.1 Å². The molecule has 0 spiro atoms. The summed E-state index contributed by atoms with van der Waals surface area (Å²) >= 11 is 7.20. The molecule has 3 aromatic rings. The Morgan fingerprint density at radius 1 is 1.15 bits per heavy atom. The first-order chi connectivity index (χ1) is 16.0. The standard InChI is InChI=1S/C25H29ClN4O2S/c1-17-14-23(30-12-8-19(9-13-30)29-10-2-3-11-29)28-21-5-4-18(15-20(17)21)27-24(31)16-32-25-7-6-22(26)33-25/h4-7,14-15,19H,2-3,8-13,16H2,1H3,(H,27,31). The lowest BCUT2D eigenvalue weighted by atomic mass is 10.0. The third kappa shape index (κ3) is 5.26. The number of nitrogens with one attached hydrogen (secondary N) is 1.